The Hall–Kier alpha value is -1.69. The number of rotatable bonds is 5. The highest BCUT2D eigenvalue weighted by Gasteiger charge is 2.17. The van der Waals surface area contributed by atoms with Crippen molar-refractivity contribution in [1.82, 2.24) is 9.97 Å². The van der Waals surface area contributed by atoms with Gasteiger partial charge in [0.15, 0.2) is 0 Å². The Morgan fingerprint density at radius 3 is 3.12 bits per heavy atom. The van der Waals surface area contributed by atoms with E-state index in [4.69, 9.17) is 5.11 Å². The number of hydrogen-bond donors (Lipinski definition) is 2. The van der Waals surface area contributed by atoms with E-state index in [1.54, 1.807) is 0 Å². The van der Waals surface area contributed by atoms with Crippen LogP contribution in [0.5, 0.6) is 0 Å². The maximum absolute atomic E-state index is 11.1. The first-order valence-corrected chi connectivity index (χ1v) is 6.28. The molecule has 0 saturated heterocycles. The molecule has 0 aliphatic carbocycles. The highest BCUT2D eigenvalue weighted by Crippen LogP contribution is 2.24. The Kier molecular flexibility index (Phi) is 3.53. The molecular weight excluding hydrogens is 238 g/mol. The summed E-state index contributed by atoms with van der Waals surface area (Å²) in [6, 6.07) is 1.30. The van der Waals surface area contributed by atoms with Gasteiger partial charge >= 0.3 is 5.97 Å². The summed E-state index contributed by atoms with van der Waals surface area (Å²) in [5.74, 6) is -0.258. The van der Waals surface area contributed by atoms with E-state index >= 15 is 0 Å². The van der Waals surface area contributed by atoms with Crippen LogP contribution in [-0.2, 0) is 4.79 Å². The number of carboxylic acids is 1. The van der Waals surface area contributed by atoms with Crippen molar-refractivity contribution in [2.24, 2.45) is 0 Å². The smallest absolute Gasteiger partial charge is 0.326 e. The molecule has 5 nitrogen and oxygen atoms in total. The predicted molar refractivity (Wildman–Crippen MR) is 67.4 cm³/mol. The summed E-state index contributed by atoms with van der Waals surface area (Å²) in [6.07, 6.45) is 2.83. The summed E-state index contributed by atoms with van der Waals surface area (Å²) >= 11 is 1.51. The molecule has 0 aliphatic rings. The number of hydrogen-bond acceptors (Lipinski definition) is 5. The lowest BCUT2D eigenvalue weighted by Gasteiger charge is -2.14. The zero-order valence-electron chi connectivity index (χ0n) is 9.38. The molecule has 0 bridgehead atoms. The van der Waals surface area contributed by atoms with E-state index < -0.39 is 12.0 Å². The van der Waals surface area contributed by atoms with E-state index in [9.17, 15) is 4.79 Å². The zero-order valence-corrected chi connectivity index (χ0v) is 10.2. The van der Waals surface area contributed by atoms with E-state index in [1.165, 1.54) is 17.7 Å². The quantitative estimate of drug-likeness (QED) is 0.853. The molecule has 2 heterocycles. The average Bonchev–Trinajstić information content (AvgIpc) is 2.77. The zero-order chi connectivity index (χ0) is 12.3. The van der Waals surface area contributed by atoms with Gasteiger partial charge in [0.1, 0.15) is 23.0 Å². The maximum Gasteiger partial charge on any atom is 0.326 e. The van der Waals surface area contributed by atoms with Gasteiger partial charge in [-0.15, -0.1) is 11.3 Å². The van der Waals surface area contributed by atoms with Gasteiger partial charge in [-0.3, -0.25) is 0 Å². The normalized spacial score (nSPS) is 12.5. The topological polar surface area (TPSA) is 75.1 Å². The lowest BCUT2D eigenvalue weighted by atomic mass is 10.1. The van der Waals surface area contributed by atoms with Crippen LogP contribution < -0.4 is 5.32 Å². The molecule has 1 unspecified atom stereocenters. The van der Waals surface area contributed by atoms with E-state index in [-0.39, 0.29) is 0 Å². The summed E-state index contributed by atoms with van der Waals surface area (Å²) in [4.78, 5) is 20.2. The van der Waals surface area contributed by atoms with Crippen LogP contribution in [0, 0.1) is 0 Å². The predicted octanol–water partition coefficient (Wildman–Crippen LogP) is 2.36. The van der Waals surface area contributed by atoms with Crippen LogP contribution in [0.15, 0.2) is 17.8 Å². The molecule has 0 aromatic carbocycles. The van der Waals surface area contributed by atoms with E-state index in [1.807, 2.05) is 18.4 Å². The lowest BCUT2D eigenvalue weighted by Crippen LogP contribution is -2.29. The number of aliphatic carboxylic acids is 1. The molecule has 17 heavy (non-hydrogen) atoms. The first kappa shape index (κ1) is 11.8. The molecule has 0 fully saturated rings. The molecular formula is C11H13N3O2S. The van der Waals surface area contributed by atoms with Gasteiger partial charge in [-0.25, -0.2) is 14.8 Å². The Morgan fingerprint density at radius 2 is 2.41 bits per heavy atom. The van der Waals surface area contributed by atoms with Crippen LogP contribution in [0.1, 0.15) is 19.8 Å². The minimum Gasteiger partial charge on any atom is -0.480 e. The third kappa shape index (κ3) is 2.52. The SMILES string of the molecule is CCCC(Nc1ncnc2sccc12)C(=O)O. The molecule has 0 radical (unpaired) electrons. The monoisotopic (exact) mass is 251 g/mol. The number of aromatic nitrogens is 2. The Balaban J connectivity index is 2.27. The number of carboxylic acid groups (broad SMARTS) is 1. The fraction of sp³-hybridized carbons (Fsp3) is 0.364. The van der Waals surface area contributed by atoms with Crippen LogP contribution in [-0.4, -0.2) is 27.1 Å². The van der Waals surface area contributed by atoms with Crippen molar-refractivity contribution in [2.45, 2.75) is 25.8 Å². The maximum atomic E-state index is 11.1. The second-order valence-corrected chi connectivity index (χ2v) is 4.58. The van der Waals surface area contributed by atoms with Crippen molar-refractivity contribution in [3.8, 4) is 0 Å². The van der Waals surface area contributed by atoms with Gasteiger partial charge in [0.05, 0.1) is 5.39 Å². The van der Waals surface area contributed by atoms with Crippen LogP contribution in [0.4, 0.5) is 5.82 Å². The van der Waals surface area contributed by atoms with Gasteiger partial charge in [0, 0.05) is 0 Å². The number of thiophene rings is 1. The molecule has 0 amide bonds. The third-order valence-corrected chi connectivity index (χ3v) is 3.27. The van der Waals surface area contributed by atoms with Crippen molar-refractivity contribution in [1.29, 1.82) is 0 Å². The Morgan fingerprint density at radius 1 is 1.59 bits per heavy atom. The highest BCUT2D eigenvalue weighted by atomic mass is 32.1. The largest absolute Gasteiger partial charge is 0.480 e. The summed E-state index contributed by atoms with van der Waals surface area (Å²) < 4.78 is 0. The van der Waals surface area contributed by atoms with Crippen molar-refractivity contribution < 1.29 is 9.90 Å². The van der Waals surface area contributed by atoms with Gasteiger partial charge in [0.2, 0.25) is 0 Å². The average molecular weight is 251 g/mol. The molecule has 2 rings (SSSR count). The molecule has 0 spiro atoms. The minimum atomic E-state index is -0.853. The third-order valence-electron chi connectivity index (χ3n) is 2.45. The summed E-state index contributed by atoms with van der Waals surface area (Å²) in [7, 11) is 0. The van der Waals surface area contributed by atoms with Crippen LogP contribution in [0.3, 0.4) is 0 Å². The second kappa shape index (κ2) is 5.09. The van der Waals surface area contributed by atoms with Crippen LogP contribution in [0.25, 0.3) is 10.2 Å². The number of nitrogens with one attached hydrogen (secondary N) is 1. The second-order valence-electron chi connectivity index (χ2n) is 3.69. The molecule has 2 N–H and O–H groups in total. The molecule has 6 heteroatoms. The molecule has 0 saturated carbocycles. The van der Waals surface area contributed by atoms with Crippen molar-refractivity contribution >= 4 is 33.3 Å². The molecule has 1 atom stereocenters. The number of fused-ring (bicyclic) bond motifs is 1. The Bertz CT molecular complexity index is 526. The van der Waals surface area contributed by atoms with Crippen molar-refractivity contribution in [2.75, 3.05) is 5.32 Å². The summed E-state index contributed by atoms with van der Waals surface area (Å²) in [5.41, 5.74) is 0. The first-order valence-electron chi connectivity index (χ1n) is 5.40. The Labute approximate surface area is 103 Å². The number of anilines is 1. The number of carbonyl (C=O) groups is 1. The fourth-order valence-electron chi connectivity index (χ4n) is 1.62. The van der Waals surface area contributed by atoms with Gasteiger partial charge in [-0.1, -0.05) is 13.3 Å². The van der Waals surface area contributed by atoms with E-state index in [2.05, 4.69) is 15.3 Å². The minimum absolute atomic E-state index is 0.574. The fourth-order valence-corrected chi connectivity index (χ4v) is 2.35. The van der Waals surface area contributed by atoms with Gasteiger partial charge in [-0.2, -0.15) is 0 Å². The van der Waals surface area contributed by atoms with Gasteiger partial charge in [0.25, 0.3) is 0 Å². The van der Waals surface area contributed by atoms with Crippen molar-refractivity contribution in [3.63, 3.8) is 0 Å². The van der Waals surface area contributed by atoms with E-state index in [0.29, 0.717) is 12.2 Å². The summed E-state index contributed by atoms with van der Waals surface area (Å²) in [5, 5.41) is 14.8. The lowest BCUT2D eigenvalue weighted by molar-refractivity contribution is -0.138. The van der Waals surface area contributed by atoms with Crippen molar-refractivity contribution in [3.05, 3.63) is 17.8 Å². The van der Waals surface area contributed by atoms with Gasteiger partial charge < -0.3 is 10.4 Å². The highest BCUT2D eigenvalue weighted by molar-refractivity contribution is 7.16. The molecule has 2 aromatic rings. The first-order chi connectivity index (χ1) is 8.22. The molecule has 2 aromatic heterocycles. The van der Waals surface area contributed by atoms with Crippen LogP contribution >= 0.6 is 11.3 Å². The molecule has 90 valence electrons. The van der Waals surface area contributed by atoms with Crippen LogP contribution in [0.2, 0.25) is 0 Å². The van der Waals surface area contributed by atoms with E-state index in [0.717, 1.165) is 16.6 Å². The summed E-state index contributed by atoms with van der Waals surface area (Å²) in [6.45, 7) is 1.96. The van der Waals surface area contributed by atoms with Gasteiger partial charge in [-0.05, 0) is 17.9 Å². The number of nitrogens with zero attached hydrogens (tertiary/aromatic N) is 2. The molecule has 0 aliphatic heterocycles. The standard InChI is InChI=1S/C11H13N3O2S/c1-2-3-8(11(15)16)14-9-7-4-5-17-10(7)13-6-12-9/h4-6,8H,2-3H2,1H3,(H,15,16)(H,12,13,14).